The fraction of sp³-hybridized carbons (Fsp3) is 0.421. The monoisotopic (exact) mass is 324 g/mol. The van der Waals surface area contributed by atoms with Gasteiger partial charge in [0.15, 0.2) is 0 Å². The number of carbonyl (C=O) groups excluding carboxylic acids is 1. The summed E-state index contributed by atoms with van der Waals surface area (Å²) in [5, 5.41) is 3.26. The lowest BCUT2D eigenvalue weighted by molar-refractivity contribution is 0.0216. The van der Waals surface area contributed by atoms with Crippen LogP contribution < -0.4 is 11.1 Å². The lowest BCUT2D eigenvalue weighted by atomic mass is 9.79. The van der Waals surface area contributed by atoms with Gasteiger partial charge in [-0.15, -0.1) is 0 Å². The maximum Gasteiger partial charge on any atom is 0.267 e. The zero-order chi connectivity index (χ0) is 16.7. The third-order valence-corrected chi connectivity index (χ3v) is 5.63. The molecule has 1 aromatic carbocycles. The van der Waals surface area contributed by atoms with Gasteiger partial charge >= 0.3 is 0 Å². The number of benzene rings is 1. The Morgan fingerprint density at radius 1 is 1.17 bits per heavy atom. The lowest BCUT2D eigenvalue weighted by Crippen LogP contribution is -2.62. The number of fused-ring (bicyclic) bond motifs is 3. The average Bonchev–Trinajstić information content (AvgIpc) is 3.09. The zero-order valence-corrected chi connectivity index (χ0v) is 14.0. The molecule has 0 aliphatic carbocycles. The molecule has 24 heavy (non-hydrogen) atoms. The normalized spacial score (nSPS) is 28.7. The maximum absolute atomic E-state index is 12.7. The van der Waals surface area contributed by atoms with E-state index in [1.165, 1.54) is 25.9 Å². The first-order chi connectivity index (χ1) is 11.6. The number of aromatic amines is 1. The maximum atomic E-state index is 12.7. The SMILES string of the molecule is C[C@H]1[C@H](NC(=O)c2ccc(-c3ccc(N)cc3)[nH]2)C2CCN1CC2. The van der Waals surface area contributed by atoms with Gasteiger partial charge in [-0.05, 0) is 68.6 Å². The smallest absolute Gasteiger partial charge is 0.267 e. The van der Waals surface area contributed by atoms with Gasteiger partial charge < -0.3 is 16.0 Å². The van der Waals surface area contributed by atoms with Crippen LogP contribution in [-0.2, 0) is 0 Å². The Morgan fingerprint density at radius 3 is 2.54 bits per heavy atom. The molecule has 0 saturated carbocycles. The number of nitrogens with zero attached hydrogens (tertiary/aromatic N) is 1. The molecule has 5 nitrogen and oxygen atoms in total. The van der Waals surface area contributed by atoms with Gasteiger partial charge in [0.2, 0.25) is 0 Å². The van der Waals surface area contributed by atoms with Crippen molar-refractivity contribution in [2.24, 2.45) is 5.92 Å². The number of H-pyrrole nitrogens is 1. The Kier molecular flexibility index (Phi) is 3.81. The number of nitrogens with two attached hydrogens (primary N) is 1. The molecule has 3 aliphatic rings. The molecule has 4 heterocycles. The van der Waals surface area contributed by atoms with Crippen molar-refractivity contribution in [1.29, 1.82) is 0 Å². The van der Waals surface area contributed by atoms with Gasteiger partial charge in [0, 0.05) is 23.5 Å². The van der Waals surface area contributed by atoms with E-state index in [0.717, 1.165) is 16.9 Å². The largest absolute Gasteiger partial charge is 0.399 e. The van der Waals surface area contributed by atoms with Crippen molar-refractivity contribution in [1.82, 2.24) is 15.2 Å². The quantitative estimate of drug-likeness (QED) is 0.759. The summed E-state index contributed by atoms with van der Waals surface area (Å²) < 4.78 is 0. The zero-order valence-electron chi connectivity index (χ0n) is 14.0. The van der Waals surface area contributed by atoms with Crippen molar-refractivity contribution in [3.05, 3.63) is 42.1 Å². The molecule has 0 unspecified atom stereocenters. The van der Waals surface area contributed by atoms with Crippen LogP contribution in [0.5, 0.6) is 0 Å². The molecule has 5 rings (SSSR count). The summed E-state index contributed by atoms with van der Waals surface area (Å²) in [4.78, 5) is 18.4. The van der Waals surface area contributed by atoms with Crippen molar-refractivity contribution < 1.29 is 4.79 Å². The third kappa shape index (κ3) is 2.69. The van der Waals surface area contributed by atoms with Crippen LogP contribution in [0.15, 0.2) is 36.4 Å². The second-order valence-corrected chi connectivity index (χ2v) is 7.02. The second kappa shape index (κ2) is 5.98. The first-order valence-electron chi connectivity index (χ1n) is 8.71. The van der Waals surface area contributed by atoms with E-state index in [2.05, 4.69) is 22.1 Å². The summed E-state index contributed by atoms with van der Waals surface area (Å²) >= 11 is 0. The summed E-state index contributed by atoms with van der Waals surface area (Å²) in [7, 11) is 0. The van der Waals surface area contributed by atoms with Crippen LogP contribution in [0.2, 0.25) is 0 Å². The van der Waals surface area contributed by atoms with Gasteiger partial charge in [-0.2, -0.15) is 0 Å². The van der Waals surface area contributed by atoms with E-state index in [0.29, 0.717) is 17.7 Å². The summed E-state index contributed by atoms with van der Waals surface area (Å²) in [6.45, 7) is 4.56. The molecule has 1 amide bonds. The van der Waals surface area contributed by atoms with Crippen LogP contribution in [0.4, 0.5) is 5.69 Å². The predicted molar refractivity (Wildman–Crippen MR) is 95.7 cm³/mol. The fourth-order valence-electron chi connectivity index (χ4n) is 4.13. The minimum atomic E-state index is -0.0118. The number of carbonyl (C=O) groups is 1. The molecule has 3 saturated heterocycles. The first kappa shape index (κ1) is 15.3. The van der Waals surface area contributed by atoms with E-state index < -0.39 is 0 Å². The molecule has 1 aromatic heterocycles. The summed E-state index contributed by atoms with van der Waals surface area (Å²) in [6.07, 6.45) is 2.38. The van der Waals surface area contributed by atoms with Gasteiger partial charge in [0.1, 0.15) is 5.69 Å². The molecule has 0 radical (unpaired) electrons. The average molecular weight is 324 g/mol. The topological polar surface area (TPSA) is 74.1 Å². The Morgan fingerprint density at radius 2 is 1.88 bits per heavy atom. The van der Waals surface area contributed by atoms with Crippen LogP contribution >= 0.6 is 0 Å². The van der Waals surface area contributed by atoms with Gasteiger partial charge in [-0.25, -0.2) is 0 Å². The molecule has 3 aliphatic heterocycles. The van der Waals surface area contributed by atoms with Crippen LogP contribution in [0.25, 0.3) is 11.3 Å². The summed E-state index contributed by atoms with van der Waals surface area (Å²) in [5.74, 6) is 0.600. The Balaban J connectivity index is 1.48. The van der Waals surface area contributed by atoms with E-state index in [4.69, 9.17) is 5.73 Å². The molecule has 3 fully saturated rings. The van der Waals surface area contributed by atoms with E-state index >= 15 is 0 Å². The van der Waals surface area contributed by atoms with Crippen molar-refractivity contribution in [2.75, 3.05) is 18.8 Å². The Hall–Kier alpha value is -2.27. The number of rotatable bonds is 3. The van der Waals surface area contributed by atoms with Gasteiger partial charge in [0.25, 0.3) is 5.91 Å². The highest BCUT2D eigenvalue weighted by Gasteiger charge is 2.40. The van der Waals surface area contributed by atoms with Crippen molar-refractivity contribution >= 4 is 11.6 Å². The third-order valence-electron chi connectivity index (χ3n) is 5.63. The number of piperidine rings is 3. The highest BCUT2D eigenvalue weighted by Crippen LogP contribution is 2.32. The van der Waals surface area contributed by atoms with Gasteiger partial charge in [0.05, 0.1) is 0 Å². The molecule has 5 heteroatoms. The minimum Gasteiger partial charge on any atom is -0.399 e. The van der Waals surface area contributed by atoms with Gasteiger partial charge in [-0.1, -0.05) is 12.1 Å². The van der Waals surface area contributed by atoms with E-state index in [-0.39, 0.29) is 11.9 Å². The molecular formula is C19H24N4O. The number of amides is 1. The number of nitrogen functional groups attached to an aromatic ring is 1. The molecule has 2 bridgehead atoms. The van der Waals surface area contributed by atoms with E-state index in [9.17, 15) is 4.79 Å². The molecular weight excluding hydrogens is 300 g/mol. The number of anilines is 1. The van der Waals surface area contributed by atoms with Gasteiger partial charge in [-0.3, -0.25) is 9.69 Å². The Labute approximate surface area is 142 Å². The molecule has 126 valence electrons. The summed E-state index contributed by atoms with van der Waals surface area (Å²) in [5.41, 5.74) is 9.04. The van der Waals surface area contributed by atoms with Crippen LogP contribution in [0.3, 0.4) is 0 Å². The number of hydrogen-bond acceptors (Lipinski definition) is 3. The number of hydrogen-bond donors (Lipinski definition) is 3. The second-order valence-electron chi connectivity index (χ2n) is 7.02. The first-order valence-corrected chi connectivity index (χ1v) is 8.71. The molecule has 2 atom stereocenters. The van der Waals surface area contributed by atoms with E-state index in [1.807, 2.05) is 36.4 Å². The Bertz CT molecular complexity index is 726. The predicted octanol–water partition coefficient (Wildman–Crippen LogP) is 2.48. The van der Waals surface area contributed by atoms with Crippen LogP contribution in [0.1, 0.15) is 30.3 Å². The highest BCUT2D eigenvalue weighted by atomic mass is 16.2. The number of nitrogens with one attached hydrogen (secondary N) is 2. The van der Waals surface area contributed by atoms with Crippen molar-refractivity contribution in [3.63, 3.8) is 0 Å². The van der Waals surface area contributed by atoms with Crippen molar-refractivity contribution in [2.45, 2.75) is 31.8 Å². The standard InChI is InChI=1S/C19H24N4O/c1-12-18(14-8-10-23(12)11-9-14)22-19(24)17-7-6-16(21-17)13-2-4-15(20)5-3-13/h2-7,12,14,18,21H,8-11,20H2,1H3,(H,22,24)/t12-,18-/m0/s1. The molecule has 2 aromatic rings. The molecule has 4 N–H and O–H groups in total. The number of aromatic nitrogens is 1. The van der Waals surface area contributed by atoms with Crippen molar-refractivity contribution in [3.8, 4) is 11.3 Å². The van der Waals surface area contributed by atoms with Crippen LogP contribution in [0, 0.1) is 5.92 Å². The minimum absolute atomic E-state index is 0.0118. The lowest BCUT2D eigenvalue weighted by Gasteiger charge is -2.49. The summed E-state index contributed by atoms with van der Waals surface area (Å²) in [6, 6.07) is 12.1. The molecule has 0 spiro atoms. The van der Waals surface area contributed by atoms with E-state index in [1.54, 1.807) is 0 Å². The highest BCUT2D eigenvalue weighted by molar-refractivity contribution is 5.93. The van der Waals surface area contributed by atoms with Crippen LogP contribution in [-0.4, -0.2) is 41.0 Å². The fourth-order valence-corrected chi connectivity index (χ4v) is 4.13.